The molecular formula is C14H14N2O4S. The van der Waals surface area contributed by atoms with Gasteiger partial charge >= 0.3 is 6.09 Å². The number of nitrogens with one attached hydrogen (secondary N) is 2. The van der Waals surface area contributed by atoms with E-state index in [2.05, 4.69) is 10.0 Å². The molecule has 0 aromatic heterocycles. The van der Waals surface area contributed by atoms with E-state index in [0.717, 1.165) is 0 Å². The number of hydrogen-bond donors (Lipinski definition) is 2. The number of rotatable bonds is 4. The second kappa shape index (κ2) is 6.38. The van der Waals surface area contributed by atoms with E-state index in [1.54, 1.807) is 42.5 Å². The van der Waals surface area contributed by atoms with Gasteiger partial charge in [0.25, 0.3) is 0 Å². The molecule has 0 saturated carbocycles. The Hall–Kier alpha value is -2.38. The van der Waals surface area contributed by atoms with Crippen molar-refractivity contribution < 1.29 is 17.9 Å². The van der Waals surface area contributed by atoms with Gasteiger partial charge in [-0.3, -0.25) is 5.32 Å². The summed E-state index contributed by atoms with van der Waals surface area (Å²) in [5.41, 5.74) is 0.146. The van der Waals surface area contributed by atoms with Gasteiger partial charge in [0.15, 0.2) is 0 Å². The van der Waals surface area contributed by atoms with Crippen LogP contribution in [0.15, 0.2) is 59.5 Å². The molecule has 7 heteroatoms. The Morgan fingerprint density at radius 3 is 2.29 bits per heavy atom. The topological polar surface area (TPSA) is 84.5 Å². The minimum atomic E-state index is -3.67. The molecule has 2 aromatic carbocycles. The number of para-hydroxylation sites is 2. The number of carbonyl (C=O) groups excluding carboxylic acids is 1. The number of carbonyl (C=O) groups is 1. The predicted octanol–water partition coefficient (Wildman–Crippen LogP) is 2.21. The molecule has 0 bridgehead atoms. The van der Waals surface area contributed by atoms with Crippen molar-refractivity contribution >= 4 is 21.8 Å². The minimum Gasteiger partial charge on any atom is -0.410 e. The molecule has 2 N–H and O–H groups in total. The van der Waals surface area contributed by atoms with Crippen molar-refractivity contribution in [1.82, 2.24) is 4.72 Å². The molecule has 0 saturated heterocycles. The van der Waals surface area contributed by atoms with Crippen molar-refractivity contribution in [3.8, 4) is 5.75 Å². The molecule has 0 aliphatic heterocycles. The minimum absolute atomic E-state index is 0.0301. The lowest BCUT2D eigenvalue weighted by Crippen LogP contribution is -2.23. The average molecular weight is 306 g/mol. The summed E-state index contributed by atoms with van der Waals surface area (Å²) >= 11 is 0. The molecule has 0 fully saturated rings. The Morgan fingerprint density at radius 2 is 1.62 bits per heavy atom. The maximum Gasteiger partial charge on any atom is 0.417 e. The smallest absolute Gasteiger partial charge is 0.410 e. The third kappa shape index (κ3) is 3.80. The molecule has 0 spiro atoms. The summed E-state index contributed by atoms with van der Waals surface area (Å²) in [6.07, 6.45) is -0.764. The second-order valence-corrected chi connectivity index (χ2v) is 5.89. The third-order valence-electron chi connectivity index (χ3n) is 2.64. The molecule has 2 rings (SSSR count). The van der Waals surface area contributed by atoms with E-state index in [-0.39, 0.29) is 10.6 Å². The molecule has 0 radical (unpaired) electrons. The number of benzene rings is 2. The van der Waals surface area contributed by atoms with Gasteiger partial charge in [0.2, 0.25) is 10.0 Å². The van der Waals surface area contributed by atoms with E-state index in [1.807, 2.05) is 0 Å². The SMILES string of the molecule is CNS(=O)(=O)c1ccccc1NC(=O)Oc1ccccc1. The summed E-state index contributed by atoms with van der Waals surface area (Å²) in [6.45, 7) is 0. The number of anilines is 1. The van der Waals surface area contributed by atoms with Crippen molar-refractivity contribution in [2.24, 2.45) is 0 Å². The van der Waals surface area contributed by atoms with E-state index in [9.17, 15) is 13.2 Å². The normalized spacial score (nSPS) is 10.9. The van der Waals surface area contributed by atoms with Crippen LogP contribution in [0.25, 0.3) is 0 Å². The van der Waals surface area contributed by atoms with Gasteiger partial charge in [-0.15, -0.1) is 0 Å². The fourth-order valence-electron chi connectivity index (χ4n) is 1.65. The van der Waals surface area contributed by atoms with Crippen molar-refractivity contribution in [3.63, 3.8) is 0 Å². The summed E-state index contributed by atoms with van der Waals surface area (Å²) in [4.78, 5) is 11.8. The van der Waals surface area contributed by atoms with Crippen LogP contribution < -0.4 is 14.8 Å². The van der Waals surface area contributed by atoms with E-state index in [0.29, 0.717) is 5.75 Å². The Morgan fingerprint density at radius 1 is 1.00 bits per heavy atom. The summed E-state index contributed by atoms with van der Waals surface area (Å²) in [5, 5.41) is 2.42. The first-order valence-corrected chi connectivity index (χ1v) is 7.58. The third-order valence-corrected chi connectivity index (χ3v) is 4.11. The first kappa shape index (κ1) is 15.0. The summed E-state index contributed by atoms with van der Waals surface area (Å²) in [6, 6.07) is 14.5. The van der Waals surface area contributed by atoms with Crippen LogP contribution in [0.5, 0.6) is 5.75 Å². The number of amides is 1. The van der Waals surface area contributed by atoms with E-state index in [1.165, 1.54) is 19.2 Å². The van der Waals surface area contributed by atoms with Crippen molar-refractivity contribution in [2.75, 3.05) is 12.4 Å². The number of sulfonamides is 1. The van der Waals surface area contributed by atoms with Crippen LogP contribution in [-0.2, 0) is 10.0 Å². The molecule has 1 amide bonds. The Kier molecular flexibility index (Phi) is 4.56. The van der Waals surface area contributed by atoms with E-state index in [4.69, 9.17) is 4.74 Å². The van der Waals surface area contributed by atoms with Crippen LogP contribution in [0.4, 0.5) is 10.5 Å². The van der Waals surface area contributed by atoms with Crippen LogP contribution in [0.3, 0.4) is 0 Å². The van der Waals surface area contributed by atoms with E-state index < -0.39 is 16.1 Å². The quantitative estimate of drug-likeness (QED) is 0.907. The summed E-state index contributed by atoms with van der Waals surface area (Å²) in [7, 11) is -2.37. The standard InChI is InChI=1S/C14H14N2O4S/c1-15-21(18,19)13-10-6-5-9-12(13)16-14(17)20-11-7-3-2-4-8-11/h2-10,15H,1H3,(H,16,17). The zero-order valence-electron chi connectivity index (χ0n) is 11.2. The molecule has 2 aromatic rings. The zero-order valence-corrected chi connectivity index (χ0v) is 12.1. The van der Waals surface area contributed by atoms with Crippen LogP contribution in [0, 0.1) is 0 Å². The Balaban J connectivity index is 2.19. The largest absolute Gasteiger partial charge is 0.417 e. The van der Waals surface area contributed by atoms with E-state index >= 15 is 0 Å². The van der Waals surface area contributed by atoms with Crippen molar-refractivity contribution in [2.45, 2.75) is 4.90 Å². The highest BCUT2D eigenvalue weighted by atomic mass is 32.2. The molecule has 0 aliphatic carbocycles. The fraction of sp³-hybridized carbons (Fsp3) is 0.0714. The maximum atomic E-state index is 11.9. The number of ether oxygens (including phenoxy) is 1. The van der Waals surface area contributed by atoms with Gasteiger partial charge in [0.05, 0.1) is 5.69 Å². The fourth-order valence-corrected chi connectivity index (χ4v) is 2.53. The van der Waals surface area contributed by atoms with Gasteiger partial charge < -0.3 is 4.74 Å². The molecular weight excluding hydrogens is 292 g/mol. The number of hydrogen-bond acceptors (Lipinski definition) is 4. The monoisotopic (exact) mass is 306 g/mol. The van der Waals surface area contributed by atoms with Crippen molar-refractivity contribution in [1.29, 1.82) is 0 Å². The molecule has 0 atom stereocenters. The van der Waals surface area contributed by atoms with Gasteiger partial charge in [-0.1, -0.05) is 30.3 Å². The van der Waals surface area contributed by atoms with Crippen LogP contribution in [0.2, 0.25) is 0 Å². The summed E-state index contributed by atoms with van der Waals surface area (Å²) < 4.78 is 31.0. The lowest BCUT2D eigenvalue weighted by atomic mass is 10.3. The van der Waals surface area contributed by atoms with Gasteiger partial charge in [0, 0.05) is 0 Å². The van der Waals surface area contributed by atoms with Crippen LogP contribution >= 0.6 is 0 Å². The summed E-state index contributed by atoms with van der Waals surface area (Å²) in [5.74, 6) is 0.365. The van der Waals surface area contributed by atoms with Gasteiger partial charge in [-0.05, 0) is 31.3 Å². The molecule has 110 valence electrons. The Labute approximate surface area is 122 Å². The lowest BCUT2D eigenvalue weighted by molar-refractivity contribution is 0.215. The van der Waals surface area contributed by atoms with Crippen LogP contribution in [0.1, 0.15) is 0 Å². The Bertz CT molecular complexity index is 730. The first-order valence-electron chi connectivity index (χ1n) is 6.09. The molecule has 6 nitrogen and oxygen atoms in total. The first-order chi connectivity index (χ1) is 10.0. The highest BCUT2D eigenvalue weighted by Gasteiger charge is 2.18. The molecule has 0 aliphatic rings. The van der Waals surface area contributed by atoms with Gasteiger partial charge in [0.1, 0.15) is 10.6 Å². The van der Waals surface area contributed by atoms with Gasteiger partial charge in [-0.25, -0.2) is 17.9 Å². The second-order valence-electron chi connectivity index (χ2n) is 4.03. The molecule has 0 unspecified atom stereocenters. The molecule has 21 heavy (non-hydrogen) atoms. The average Bonchev–Trinajstić information content (AvgIpc) is 2.48. The van der Waals surface area contributed by atoms with Crippen molar-refractivity contribution in [3.05, 3.63) is 54.6 Å². The highest BCUT2D eigenvalue weighted by Crippen LogP contribution is 2.21. The predicted molar refractivity (Wildman–Crippen MR) is 78.8 cm³/mol. The van der Waals surface area contributed by atoms with Crippen LogP contribution in [-0.4, -0.2) is 21.6 Å². The highest BCUT2D eigenvalue weighted by molar-refractivity contribution is 7.89. The zero-order chi connectivity index (χ0) is 15.3. The lowest BCUT2D eigenvalue weighted by Gasteiger charge is -2.11. The maximum absolute atomic E-state index is 11.9. The van der Waals surface area contributed by atoms with Gasteiger partial charge in [-0.2, -0.15) is 0 Å². The molecule has 0 heterocycles.